The summed E-state index contributed by atoms with van der Waals surface area (Å²) in [7, 11) is 0. The molecule has 1 aliphatic heterocycles. The highest BCUT2D eigenvalue weighted by Crippen LogP contribution is 2.51. The predicted octanol–water partition coefficient (Wildman–Crippen LogP) is 3.10. The Morgan fingerprint density at radius 3 is 2.45 bits per heavy atom. The second-order valence-electron chi connectivity index (χ2n) is 6.96. The number of carbonyl (C=O) groups is 1. The second kappa shape index (κ2) is 5.81. The summed E-state index contributed by atoms with van der Waals surface area (Å²) in [4.78, 5) is 15.1. The molecule has 1 saturated heterocycles. The molecular weight excluding hydrogens is 364 g/mol. The third-order valence-electron chi connectivity index (χ3n) is 5.76. The van der Waals surface area contributed by atoms with Gasteiger partial charge in [-0.25, -0.2) is 0 Å². The molecule has 120 valence electrons. The van der Waals surface area contributed by atoms with Gasteiger partial charge in [0.25, 0.3) is 0 Å². The fourth-order valence-corrected chi connectivity index (χ4v) is 4.56. The minimum absolute atomic E-state index is 0. The van der Waals surface area contributed by atoms with Crippen LogP contribution in [0.4, 0.5) is 0 Å². The lowest BCUT2D eigenvalue weighted by atomic mass is 9.94. The van der Waals surface area contributed by atoms with Crippen molar-refractivity contribution in [2.24, 2.45) is 17.6 Å². The lowest BCUT2D eigenvalue weighted by Gasteiger charge is -2.25. The minimum atomic E-state index is -0.233. The summed E-state index contributed by atoms with van der Waals surface area (Å²) in [6.45, 7) is 1.80. The maximum absolute atomic E-state index is 13.0. The fraction of sp³-hybridized carbons (Fsp3) is 0.588. The van der Waals surface area contributed by atoms with E-state index in [1.165, 1.54) is 12.0 Å². The van der Waals surface area contributed by atoms with Gasteiger partial charge in [-0.05, 0) is 55.2 Å². The van der Waals surface area contributed by atoms with Gasteiger partial charge in [0.2, 0.25) is 5.91 Å². The summed E-state index contributed by atoms with van der Waals surface area (Å²) >= 11 is 3.47. The van der Waals surface area contributed by atoms with E-state index in [1.807, 2.05) is 12.1 Å². The van der Waals surface area contributed by atoms with Crippen LogP contribution in [-0.2, 0) is 10.2 Å². The lowest BCUT2D eigenvalue weighted by molar-refractivity contribution is -0.133. The molecule has 5 heteroatoms. The zero-order valence-electron chi connectivity index (χ0n) is 12.5. The van der Waals surface area contributed by atoms with E-state index in [2.05, 4.69) is 33.0 Å². The number of fused-ring (bicyclic) bond motifs is 1. The summed E-state index contributed by atoms with van der Waals surface area (Å²) in [5, 5.41) is 0. The molecule has 3 unspecified atom stereocenters. The molecule has 1 aromatic rings. The second-order valence-corrected chi connectivity index (χ2v) is 7.88. The Balaban J connectivity index is 0.00000144. The number of hydrogen-bond donors (Lipinski definition) is 1. The fourth-order valence-electron chi connectivity index (χ4n) is 4.30. The van der Waals surface area contributed by atoms with Crippen molar-refractivity contribution in [1.29, 1.82) is 0 Å². The molecule has 1 heterocycles. The minimum Gasteiger partial charge on any atom is -0.341 e. The van der Waals surface area contributed by atoms with Crippen LogP contribution >= 0.6 is 28.3 Å². The average Bonchev–Trinajstić information content (AvgIpc) is 3.06. The van der Waals surface area contributed by atoms with Crippen LogP contribution in [0.15, 0.2) is 28.7 Å². The third-order valence-corrected chi connectivity index (χ3v) is 6.28. The van der Waals surface area contributed by atoms with Gasteiger partial charge in [-0.15, -0.1) is 12.4 Å². The summed E-state index contributed by atoms with van der Waals surface area (Å²) in [6, 6.07) is 8.57. The van der Waals surface area contributed by atoms with Gasteiger partial charge in [0.05, 0.1) is 5.41 Å². The molecule has 2 saturated carbocycles. The smallest absolute Gasteiger partial charge is 0.233 e. The normalized spacial score (nSPS) is 31.5. The van der Waals surface area contributed by atoms with E-state index in [9.17, 15) is 4.79 Å². The van der Waals surface area contributed by atoms with Crippen molar-refractivity contribution in [2.75, 3.05) is 13.1 Å². The summed E-state index contributed by atoms with van der Waals surface area (Å²) < 4.78 is 1.07. The van der Waals surface area contributed by atoms with Gasteiger partial charge in [0, 0.05) is 23.6 Å². The first-order chi connectivity index (χ1) is 10.1. The highest BCUT2D eigenvalue weighted by atomic mass is 79.9. The van der Waals surface area contributed by atoms with E-state index in [0.29, 0.717) is 23.8 Å². The standard InChI is InChI=1S/C17H21BrN2O.ClH/c18-13-4-2-12(3-5-13)17(7-8-17)16(21)20-9-11-1-6-15(19)14(11)10-20;/h2-5,11,14-15H,1,6-10,19H2;1H. The molecule has 4 rings (SSSR count). The number of likely N-dealkylation sites (tertiary alicyclic amines) is 1. The number of benzene rings is 1. The zero-order valence-corrected chi connectivity index (χ0v) is 14.9. The van der Waals surface area contributed by atoms with E-state index in [0.717, 1.165) is 36.8 Å². The Bertz CT molecular complexity index is 573. The number of nitrogens with zero attached hydrogens (tertiary/aromatic N) is 1. The number of rotatable bonds is 2. The Hall–Kier alpha value is -0.580. The Labute approximate surface area is 146 Å². The van der Waals surface area contributed by atoms with E-state index in [-0.39, 0.29) is 17.8 Å². The first kappa shape index (κ1) is 16.3. The quantitative estimate of drug-likeness (QED) is 0.850. The van der Waals surface area contributed by atoms with Crippen molar-refractivity contribution in [2.45, 2.75) is 37.1 Å². The predicted molar refractivity (Wildman–Crippen MR) is 93.1 cm³/mol. The monoisotopic (exact) mass is 384 g/mol. The van der Waals surface area contributed by atoms with Gasteiger partial charge in [0.15, 0.2) is 0 Å². The van der Waals surface area contributed by atoms with E-state index < -0.39 is 0 Å². The molecule has 3 aliphatic rings. The van der Waals surface area contributed by atoms with Crippen LogP contribution in [-0.4, -0.2) is 29.9 Å². The van der Waals surface area contributed by atoms with Crippen molar-refractivity contribution in [3.63, 3.8) is 0 Å². The molecule has 0 bridgehead atoms. The molecule has 22 heavy (non-hydrogen) atoms. The molecule has 0 spiro atoms. The van der Waals surface area contributed by atoms with Gasteiger partial charge >= 0.3 is 0 Å². The SMILES string of the molecule is Cl.NC1CCC2CN(C(=O)C3(c4ccc(Br)cc4)CC3)CC12. The van der Waals surface area contributed by atoms with Crippen molar-refractivity contribution < 1.29 is 4.79 Å². The van der Waals surface area contributed by atoms with E-state index in [4.69, 9.17) is 5.73 Å². The number of nitrogens with two attached hydrogens (primary N) is 1. The lowest BCUT2D eigenvalue weighted by Crippen LogP contribution is -2.39. The van der Waals surface area contributed by atoms with Gasteiger partial charge < -0.3 is 10.6 Å². The first-order valence-corrected chi connectivity index (χ1v) is 8.70. The Kier molecular flexibility index (Phi) is 4.30. The van der Waals surface area contributed by atoms with Crippen molar-refractivity contribution in [1.82, 2.24) is 4.90 Å². The zero-order chi connectivity index (χ0) is 14.6. The molecular formula is C17H22BrClN2O. The van der Waals surface area contributed by atoms with Gasteiger partial charge in [-0.3, -0.25) is 4.79 Å². The van der Waals surface area contributed by atoms with Crippen molar-refractivity contribution in [3.8, 4) is 0 Å². The summed E-state index contributed by atoms with van der Waals surface area (Å²) in [6.07, 6.45) is 4.31. The Morgan fingerprint density at radius 1 is 1.18 bits per heavy atom. The summed E-state index contributed by atoms with van der Waals surface area (Å²) in [5.74, 6) is 1.52. The molecule has 3 fully saturated rings. The van der Waals surface area contributed by atoms with Crippen molar-refractivity contribution in [3.05, 3.63) is 34.3 Å². The highest BCUT2D eigenvalue weighted by molar-refractivity contribution is 9.10. The van der Waals surface area contributed by atoms with Crippen LogP contribution in [0, 0.1) is 11.8 Å². The van der Waals surface area contributed by atoms with Crippen LogP contribution in [0.25, 0.3) is 0 Å². The van der Waals surface area contributed by atoms with Crippen LogP contribution in [0.5, 0.6) is 0 Å². The van der Waals surface area contributed by atoms with E-state index in [1.54, 1.807) is 0 Å². The molecule has 2 aliphatic carbocycles. The first-order valence-electron chi connectivity index (χ1n) is 7.91. The molecule has 3 nitrogen and oxygen atoms in total. The molecule has 0 radical (unpaired) electrons. The molecule has 1 amide bonds. The topological polar surface area (TPSA) is 46.3 Å². The third kappa shape index (κ3) is 2.49. The van der Waals surface area contributed by atoms with Crippen LogP contribution in [0.1, 0.15) is 31.2 Å². The highest BCUT2D eigenvalue weighted by Gasteiger charge is 2.55. The Morgan fingerprint density at radius 2 is 1.86 bits per heavy atom. The number of halogens is 2. The van der Waals surface area contributed by atoms with Gasteiger partial charge in [-0.2, -0.15) is 0 Å². The van der Waals surface area contributed by atoms with E-state index >= 15 is 0 Å². The van der Waals surface area contributed by atoms with Gasteiger partial charge in [0.1, 0.15) is 0 Å². The number of hydrogen-bond acceptors (Lipinski definition) is 2. The maximum Gasteiger partial charge on any atom is 0.233 e. The number of amides is 1. The van der Waals surface area contributed by atoms with Crippen molar-refractivity contribution >= 4 is 34.2 Å². The van der Waals surface area contributed by atoms with Crippen LogP contribution < -0.4 is 5.73 Å². The average molecular weight is 386 g/mol. The van der Waals surface area contributed by atoms with Crippen LogP contribution in [0.2, 0.25) is 0 Å². The molecule has 2 N–H and O–H groups in total. The summed E-state index contributed by atoms with van der Waals surface area (Å²) in [5.41, 5.74) is 7.14. The molecule has 0 aromatic heterocycles. The maximum atomic E-state index is 13.0. The number of carbonyl (C=O) groups excluding carboxylic acids is 1. The van der Waals surface area contributed by atoms with Gasteiger partial charge in [-0.1, -0.05) is 28.1 Å². The molecule has 1 aromatic carbocycles. The molecule has 3 atom stereocenters. The van der Waals surface area contributed by atoms with Crippen LogP contribution in [0.3, 0.4) is 0 Å². The largest absolute Gasteiger partial charge is 0.341 e.